The van der Waals surface area contributed by atoms with Crippen molar-refractivity contribution in [2.45, 2.75) is 71.4 Å². The van der Waals surface area contributed by atoms with Gasteiger partial charge in [-0.15, -0.1) is 0 Å². The zero-order valence-electron chi connectivity index (χ0n) is 17.8. The van der Waals surface area contributed by atoms with E-state index in [0.29, 0.717) is 18.6 Å². The molecule has 1 amide bonds. The molecule has 0 radical (unpaired) electrons. The van der Waals surface area contributed by atoms with Crippen LogP contribution in [0.1, 0.15) is 64.9 Å². The van der Waals surface area contributed by atoms with E-state index in [1.807, 2.05) is 0 Å². The van der Waals surface area contributed by atoms with Crippen molar-refractivity contribution in [3.63, 3.8) is 0 Å². The Morgan fingerprint density at radius 1 is 1.10 bits per heavy atom. The maximum atomic E-state index is 13.5. The molecule has 4 N–H and O–H groups in total. The Morgan fingerprint density at radius 2 is 1.72 bits per heavy atom. The number of unbranched alkanes of at least 4 members (excludes halogenated alkanes) is 4. The summed E-state index contributed by atoms with van der Waals surface area (Å²) in [6, 6.07) is 6.58. The van der Waals surface area contributed by atoms with Crippen LogP contribution in [-0.2, 0) is 20.9 Å². The lowest BCUT2D eigenvalue weighted by Gasteiger charge is -2.41. The van der Waals surface area contributed by atoms with E-state index in [4.69, 9.17) is 10.5 Å². The Hall–Kier alpha value is -1.99. The second kappa shape index (κ2) is 11.9. The summed E-state index contributed by atoms with van der Waals surface area (Å²) in [7, 11) is 0. The molecule has 1 unspecified atom stereocenters. The van der Waals surface area contributed by atoms with Gasteiger partial charge in [0.05, 0.1) is 17.6 Å². The number of ether oxygens (including phenoxy) is 1. The largest absolute Gasteiger partial charge is 0.481 e. The van der Waals surface area contributed by atoms with Crippen LogP contribution in [0, 0.1) is 11.2 Å². The molecule has 0 fully saturated rings. The number of amides is 1. The Morgan fingerprint density at radius 3 is 2.34 bits per heavy atom. The topological polar surface area (TPSA) is 102 Å². The summed E-state index contributed by atoms with van der Waals surface area (Å²) in [6.07, 6.45) is 4.82. The molecular formula is C22H35FN2O4. The van der Waals surface area contributed by atoms with E-state index in [0.717, 1.165) is 32.1 Å². The second-order valence-corrected chi connectivity index (χ2v) is 8.18. The van der Waals surface area contributed by atoms with Gasteiger partial charge in [-0.1, -0.05) is 37.5 Å². The molecule has 0 saturated heterocycles. The maximum absolute atomic E-state index is 13.5. The summed E-state index contributed by atoms with van der Waals surface area (Å²) < 4.78 is 19.0. The first-order valence-corrected chi connectivity index (χ1v) is 10.2. The minimum absolute atomic E-state index is 0.0465. The van der Waals surface area contributed by atoms with Crippen LogP contribution in [0.5, 0.6) is 0 Å². The first-order valence-electron chi connectivity index (χ1n) is 10.2. The molecule has 1 aromatic rings. The molecule has 7 heteroatoms. The quantitative estimate of drug-likeness (QED) is 0.407. The molecule has 0 heterocycles. The van der Waals surface area contributed by atoms with Gasteiger partial charge in [0, 0.05) is 25.1 Å². The Labute approximate surface area is 173 Å². The summed E-state index contributed by atoms with van der Waals surface area (Å²) in [6.45, 7) is 5.70. The summed E-state index contributed by atoms with van der Waals surface area (Å²) in [4.78, 5) is 23.7. The SMILES string of the molecule is CC(CN)(NC(=O)CCCCCCCOCc1ccccc1F)C(C)(C)C(=O)O. The van der Waals surface area contributed by atoms with Gasteiger partial charge in [-0.2, -0.15) is 0 Å². The normalized spacial score (nSPS) is 13.7. The number of carboxylic acids is 1. The van der Waals surface area contributed by atoms with Gasteiger partial charge in [-0.05, 0) is 39.7 Å². The van der Waals surface area contributed by atoms with Crippen LogP contribution in [0.25, 0.3) is 0 Å². The lowest BCUT2D eigenvalue weighted by Crippen LogP contribution is -2.63. The smallest absolute Gasteiger partial charge is 0.311 e. The summed E-state index contributed by atoms with van der Waals surface area (Å²) in [5.74, 6) is -1.42. The molecule has 164 valence electrons. The Kier molecular flexibility index (Phi) is 10.3. The monoisotopic (exact) mass is 410 g/mol. The van der Waals surface area contributed by atoms with E-state index in [9.17, 15) is 19.1 Å². The summed E-state index contributed by atoms with van der Waals surface area (Å²) in [5, 5.41) is 12.2. The third kappa shape index (κ3) is 7.74. The molecule has 1 aromatic carbocycles. The molecule has 0 bridgehead atoms. The molecule has 0 aromatic heterocycles. The van der Waals surface area contributed by atoms with Crippen LogP contribution >= 0.6 is 0 Å². The van der Waals surface area contributed by atoms with Gasteiger partial charge in [0.25, 0.3) is 0 Å². The minimum Gasteiger partial charge on any atom is -0.481 e. The summed E-state index contributed by atoms with van der Waals surface area (Å²) >= 11 is 0. The van der Waals surface area contributed by atoms with Crippen molar-refractivity contribution in [1.29, 1.82) is 0 Å². The summed E-state index contributed by atoms with van der Waals surface area (Å²) in [5.41, 5.74) is 4.14. The van der Waals surface area contributed by atoms with Crippen LogP contribution in [-0.4, -0.2) is 35.7 Å². The fourth-order valence-corrected chi connectivity index (χ4v) is 2.89. The number of benzene rings is 1. The number of hydrogen-bond acceptors (Lipinski definition) is 4. The molecular weight excluding hydrogens is 375 g/mol. The van der Waals surface area contributed by atoms with E-state index < -0.39 is 16.9 Å². The fourth-order valence-electron chi connectivity index (χ4n) is 2.89. The fraction of sp³-hybridized carbons (Fsp3) is 0.636. The van der Waals surface area contributed by atoms with Crippen molar-refractivity contribution < 1.29 is 23.8 Å². The van der Waals surface area contributed by atoms with Gasteiger partial charge in [-0.3, -0.25) is 9.59 Å². The highest BCUT2D eigenvalue weighted by molar-refractivity contribution is 5.80. The number of carboxylic acid groups (broad SMARTS) is 1. The average molecular weight is 411 g/mol. The highest BCUT2D eigenvalue weighted by Crippen LogP contribution is 2.30. The zero-order valence-corrected chi connectivity index (χ0v) is 17.8. The highest BCUT2D eigenvalue weighted by Gasteiger charge is 2.46. The predicted octanol–water partition coefficient (Wildman–Crippen LogP) is 3.63. The number of carbonyl (C=O) groups is 2. The number of halogens is 1. The van der Waals surface area contributed by atoms with Gasteiger partial charge >= 0.3 is 5.97 Å². The molecule has 0 saturated carbocycles. The zero-order chi connectivity index (χ0) is 21.9. The lowest BCUT2D eigenvalue weighted by molar-refractivity contribution is -0.152. The Balaban J connectivity index is 2.16. The van der Waals surface area contributed by atoms with E-state index in [2.05, 4.69) is 5.32 Å². The molecule has 29 heavy (non-hydrogen) atoms. The van der Waals surface area contributed by atoms with Gasteiger partial charge in [0.1, 0.15) is 5.82 Å². The number of aliphatic carboxylic acids is 1. The third-order valence-electron chi connectivity index (χ3n) is 5.65. The minimum atomic E-state index is -1.17. The van der Waals surface area contributed by atoms with E-state index in [1.165, 1.54) is 6.07 Å². The number of rotatable bonds is 14. The second-order valence-electron chi connectivity index (χ2n) is 8.18. The first kappa shape index (κ1) is 25.0. The van der Waals surface area contributed by atoms with E-state index >= 15 is 0 Å². The van der Waals surface area contributed by atoms with E-state index in [1.54, 1.807) is 39.0 Å². The molecule has 1 rings (SSSR count). The van der Waals surface area contributed by atoms with E-state index in [-0.39, 0.29) is 24.9 Å². The molecule has 0 aliphatic carbocycles. The third-order valence-corrected chi connectivity index (χ3v) is 5.65. The molecule has 6 nitrogen and oxygen atoms in total. The maximum Gasteiger partial charge on any atom is 0.311 e. The van der Waals surface area contributed by atoms with Crippen LogP contribution in [0.15, 0.2) is 24.3 Å². The molecule has 0 aliphatic heterocycles. The highest BCUT2D eigenvalue weighted by atomic mass is 19.1. The molecule has 0 aliphatic rings. The molecule has 0 spiro atoms. The Bertz CT molecular complexity index is 666. The van der Waals surface area contributed by atoms with Crippen LogP contribution < -0.4 is 11.1 Å². The van der Waals surface area contributed by atoms with Gasteiger partial charge in [0.2, 0.25) is 5.91 Å². The van der Waals surface area contributed by atoms with Crippen LogP contribution in [0.4, 0.5) is 4.39 Å². The molecule has 1 atom stereocenters. The average Bonchev–Trinajstić information content (AvgIpc) is 2.67. The van der Waals surface area contributed by atoms with Crippen molar-refractivity contribution in [2.75, 3.05) is 13.2 Å². The van der Waals surface area contributed by atoms with Crippen molar-refractivity contribution in [2.24, 2.45) is 11.1 Å². The van der Waals surface area contributed by atoms with Crippen molar-refractivity contribution in [1.82, 2.24) is 5.32 Å². The predicted molar refractivity (Wildman–Crippen MR) is 111 cm³/mol. The van der Waals surface area contributed by atoms with Crippen molar-refractivity contribution >= 4 is 11.9 Å². The van der Waals surface area contributed by atoms with Gasteiger partial charge in [0.15, 0.2) is 0 Å². The number of hydrogen-bond donors (Lipinski definition) is 3. The van der Waals surface area contributed by atoms with Crippen LogP contribution in [0.3, 0.4) is 0 Å². The van der Waals surface area contributed by atoms with Gasteiger partial charge < -0.3 is 20.9 Å². The lowest BCUT2D eigenvalue weighted by atomic mass is 9.73. The van der Waals surface area contributed by atoms with Crippen molar-refractivity contribution in [3.05, 3.63) is 35.6 Å². The first-order chi connectivity index (χ1) is 13.6. The standard InChI is InChI=1S/C22H35FN2O4/c1-21(2,20(27)28)22(3,16-24)25-19(26)13-7-5-4-6-10-14-29-15-17-11-8-9-12-18(17)23/h8-9,11-12H,4-7,10,13-16,24H2,1-3H3,(H,25,26)(H,27,28). The van der Waals surface area contributed by atoms with Gasteiger partial charge in [-0.25, -0.2) is 4.39 Å². The number of nitrogens with two attached hydrogens (primary N) is 1. The van der Waals surface area contributed by atoms with Crippen LogP contribution in [0.2, 0.25) is 0 Å². The number of nitrogens with one attached hydrogen (secondary N) is 1. The number of carbonyl (C=O) groups excluding carboxylic acids is 1. The van der Waals surface area contributed by atoms with Crippen molar-refractivity contribution in [3.8, 4) is 0 Å².